The molecule has 4 nitrogen and oxygen atoms in total. The smallest absolute Gasteiger partial charge is 0.236 e. The third kappa shape index (κ3) is 1.36. The summed E-state index contributed by atoms with van der Waals surface area (Å²) in [5.41, 5.74) is 6.05. The molecule has 0 spiro atoms. The summed E-state index contributed by atoms with van der Waals surface area (Å²) in [7, 11) is 0. The molecule has 1 amide bonds. The monoisotopic (exact) mass is 233 g/mol. The normalized spacial score (nSPS) is 31.9. The number of nitrogens with one attached hydrogen (secondary N) is 2. The Kier molecular flexibility index (Phi) is 2.34. The molecule has 2 fully saturated rings. The molecule has 0 aromatic carbocycles. The predicted octanol–water partition coefficient (Wildman–Crippen LogP) is -0.541. The van der Waals surface area contributed by atoms with E-state index < -0.39 is 0 Å². The number of alkyl halides is 1. The van der Waals surface area contributed by atoms with E-state index in [2.05, 4.69) is 26.8 Å². The lowest BCUT2D eigenvalue weighted by Crippen LogP contribution is -2.40. The van der Waals surface area contributed by atoms with Gasteiger partial charge >= 0.3 is 0 Å². The summed E-state index contributed by atoms with van der Waals surface area (Å²) in [6.45, 7) is 2.62. The zero-order chi connectivity index (χ0) is 8.55. The van der Waals surface area contributed by atoms with Gasteiger partial charge in [0.2, 0.25) is 5.91 Å². The highest BCUT2D eigenvalue weighted by Gasteiger charge is 2.35. The van der Waals surface area contributed by atoms with Crippen LogP contribution >= 0.6 is 15.9 Å². The Balaban J connectivity index is 1.99. The maximum absolute atomic E-state index is 11.5. The minimum atomic E-state index is 0.0538. The second-order valence-electron chi connectivity index (χ2n) is 3.20. The molecule has 2 N–H and O–H groups in total. The molecule has 1 atom stereocenters. The largest absolute Gasteiger partial charge is 0.336 e. The Bertz CT molecular complexity index is 193. The van der Waals surface area contributed by atoms with Gasteiger partial charge in [0.1, 0.15) is 0 Å². The van der Waals surface area contributed by atoms with Gasteiger partial charge in [-0.25, -0.2) is 0 Å². The van der Waals surface area contributed by atoms with E-state index in [9.17, 15) is 4.79 Å². The molecule has 0 aromatic rings. The van der Waals surface area contributed by atoms with Crippen LogP contribution in [-0.4, -0.2) is 41.3 Å². The highest BCUT2D eigenvalue weighted by atomic mass is 79.9. The van der Waals surface area contributed by atoms with Crippen molar-refractivity contribution in [2.75, 3.05) is 19.6 Å². The van der Waals surface area contributed by atoms with Gasteiger partial charge in [-0.1, -0.05) is 15.9 Å². The summed E-state index contributed by atoms with van der Waals surface area (Å²) in [5, 5.41) is 0. The van der Waals surface area contributed by atoms with E-state index in [1.807, 2.05) is 4.90 Å². The van der Waals surface area contributed by atoms with E-state index in [1.165, 1.54) is 0 Å². The van der Waals surface area contributed by atoms with Crippen LogP contribution in [0.4, 0.5) is 0 Å². The van der Waals surface area contributed by atoms with Gasteiger partial charge in [-0.05, 0) is 6.42 Å². The van der Waals surface area contributed by atoms with Crippen LogP contribution in [0.5, 0.6) is 0 Å². The lowest BCUT2D eigenvalue weighted by Gasteiger charge is -2.21. The van der Waals surface area contributed by atoms with Crippen molar-refractivity contribution in [3.63, 3.8) is 0 Å². The Hall–Kier alpha value is -0.130. The summed E-state index contributed by atoms with van der Waals surface area (Å²) < 4.78 is 0. The van der Waals surface area contributed by atoms with Crippen LogP contribution in [0.15, 0.2) is 0 Å². The van der Waals surface area contributed by atoms with Gasteiger partial charge in [0, 0.05) is 19.6 Å². The fourth-order valence-corrected chi connectivity index (χ4v) is 2.17. The van der Waals surface area contributed by atoms with Crippen LogP contribution in [-0.2, 0) is 4.79 Å². The van der Waals surface area contributed by atoms with E-state index >= 15 is 0 Å². The van der Waals surface area contributed by atoms with Crippen LogP contribution in [0.2, 0.25) is 0 Å². The van der Waals surface area contributed by atoms with Gasteiger partial charge < -0.3 is 4.90 Å². The average molecular weight is 234 g/mol. The second kappa shape index (κ2) is 3.32. The molecular weight excluding hydrogens is 222 g/mol. The summed E-state index contributed by atoms with van der Waals surface area (Å²) >= 11 is 3.36. The maximum Gasteiger partial charge on any atom is 0.236 e. The molecule has 2 heterocycles. The van der Waals surface area contributed by atoms with Crippen molar-refractivity contribution in [2.24, 2.45) is 0 Å². The van der Waals surface area contributed by atoms with E-state index in [-0.39, 0.29) is 10.7 Å². The SMILES string of the molecule is O=C1C(Br)CCN1C1CNNC1. The Morgan fingerprint density at radius 1 is 1.42 bits per heavy atom. The molecular formula is C7H12BrN3O. The van der Waals surface area contributed by atoms with Gasteiger partial charge in [-0.2, -0.15) is 0 Å². The first-order valence-electron chi connectivity index (χ1n) is 4.19. The molecule has 0 radical (unpaired) electrons. The maximum atomic E-state index is 11.5. The zero-order valence-electron chi connectivity index (χ0n) is 6.72. The van der Waals surface area contributed by atoms with Gasteiger partial charge in [0.05, 0.1) is 10.9 Å². The van der Waals surface area contributed by atoms with Gasteiger partial charge in [-0.15, -0.1) is 0 Å². The van der Waals surface area contributed by atoms with Crippen LogP contribution < -0.4 is 10.9 Å². The standard InChI is InChI=1S/C7H12BrN3O/c8-6-1-2-11(7(6)12)5-3-9-10-4-5/h5-6,9-10H,1-4H2. The number of hydrogen-bond acceptors (Lipinski definition) is 3. The summed E-state index contributed by atoms with van der Waals surface area (Å²) in [5.74, 6) is 0.241. The van der Waals surface area contributed by atoms with Gasteiger partial charge in [0.15, 0.2) is 0 Å². The number of nitrogens with zero attached hydrogens (tertiary/aromatic N) is 1. The number of amides is 1. The number of likely N-dealkylation sites (tertiary alicyclic amines) is 1. The predicted molar refractivity (Wildman–Crippen MR) is 48.8 cm³/mol. The molecule has 0 aliphatic carbocycles. The molecule has 1 unspecified atom stereocenters. The molecule has 2 aliphatic rings. The van der Waals surface area contributed by atoms with Gasteiger partial charge in [0.25, 0.3) is 0 Å². The zero-order valence-corrected chi connectivity index (χ0v) is 8.30. The molecule has 12 heavy (non-hydrogen) atoms. The Morgan fingerprint density at radius 2 is 2.08 bits per heavy atom. The Morgan fingerprint density at radius 3 is 2.58 bits per heavy atom. The summed E-state index contributed by atoms with van der Waals surface area (Å²) in [6, 6.07) is 0.347. The van der Waals surface area contributed by atoms with Crippen molar-refractivity contribution in [3.8, 4) is 0 Å². The highest BCUT2D eigenvalue weighted by Crippen LogP contribution is 2.20. The number of carbonyl (C=O) groups excluding carboxylic acids is 1. The van der Waals surface area contributed by atoms with Crippen molar-refractivity contribution in [2.45, 2.75) is 17.3 Å². The van der Waals surface area contributed by atoms with Crippen molar-refractivity contribution >= 4 is 21.8 Å². The molecule has 0 aromatic heterocycles. The van der Waals surface area contributed by atoms with E-state index in [1.54, 1.807) is 0 Å². The minimum Gasteiger partial charge on any atom is -0.336 e. The fraction of sp³-hybridized carbons (Fsp3) is 0.857. The summed E-state index contributed by atoms with van der Waals surface area (Å²) in [6.07, 6.45) is 0.940. The van der Waals surface area contributed by atoms with E-state index in [0.717, 1.165) is 26.1 Å². The quantitative estimate of drug-likeness (QED) is 0.599. The van der Waals surface area contributed by atoms with Crippen molar-refractivity contribution < 1.29 is 4.79 Å². The fourth-order valence-electron chi connectivity index (χ4n) is 1.70. The summed E-state index contributed by atoms with van der Waals surface area (Å²) in [4.78, 5) is 13.5. The molecule has 0 bridgehead atoms. The van der Waals surface area contributed by atoms with Crippen LogP contribution in [0.25, 0.3) is 0 Å². The lowest BCUT2D eigenvalue weighted by molar-refractivity contribution is -0.128. The van der Waals surface area contributed by atoms with Crippen LogP contribution in [0, 0.1) is 0 Å². The molecule has 2 saturated heterocycles. The number of halogens is 1. The van der Waals surface area contributed by atoms with Gasteiger partial charge in [-0.3, -0.25) is 15.6 Å². The molecule has 2 aliphatic heterocycles. The minimum absolute atomic E-state index is 0.0538. The first-order chi connectivity index (χ1) is 5.79. The highest BCUT2D eigenvalue weighted by molar-refractivity contribution is 9.10. The second-order valence-corrected chi connectivity index (χ2v) is 4.31. The number of hydrogen-bond donors (Lipinski definition) is 2. The van der Waals surface area contributed by atoms with Crippen LogP contribution in [0.1, 0.15) is 6.42 Å². The average Bonchev–Trinajstić information content (AvgIpc) is 2.64. The molecule has 2 rings (SSSR count). The van der Waals surface area contributed by atoms with E-state index in [4.69, 9.17) is 0 Å². The first-order valence-corrected chi connectivity index (χ1v) is 5.11. The van der Waals surface area contributed by atoms with Crippen molar-refractivity contribution in [1.82, 2.24) is 15.8 Å². The third-order valence-corrected chi connectivity index (χ3v) is 3.27. The molecule has 68 valence electrons. The Labute approximate surface area is 79.8 Å². The van der Waals surface area contributed by atoms with Crippen molar-refractivity contribution in [1.29, 1.82) is 0 Å². The lowest BCUT2D eigenvalue weighted by atomic mass is 10.3. The third-order valence-electron chi connectivity index (χ3n) is 2.42. The topological polar surface area (TPSA) is 44.4 Å². The van der Waals surface area contributed by atoms with E-state index in [0.29, 0.717) is 6.04 Å². The first kappa shape index (κ1) is 8.47. The van der Waals surface area contributed by atoms with Crippen molar-refractivity contribution in [3.05, 3.63) is 0 Å². The molecule has 0 saturated carbocycles. The number of rotatable bonds is 1. The number of hydrazine groups is 1. The molecule has 5 heteroatoms. The number of carbonyl (C=O) groups is 1. The van der Waals surface area contributed by atoms with Crippen LogP contribution in [0.3, 0.4) is 0 Å².